The second kappa shape index (κ2) is 9.91. The number of amides is 2. The number of rotatable bonds is 7. The lowest BCUT2D eigenvalue weighted by molar-refractivity contribution is -0.140. The Kier molecular flexibility index (Phi) is 6.60. The third kappa shape index (κ3) is 5.21. The molecule has 200 valence electrons. The smallest absolute Gasteiger partial charge is 0.433 e. The van der Waals surface area contributed by atoms with Crippen molar-refractivity contribution in [2.45, 2.75) is 26.8 Å². The van der Waals surface area contributed by atoms with Crippen LogP contribution in [0.25, 0.3) is 21.5 Å². The lowest BCUT2D eigenvalue weighted by Crippen LogP contribution is -2.18. The van der Waals surface area contributed by atoms with Gasteiger partial charge in [-0.3, -0.25) is 9.59 Å². The van der Waals surface area contributed by atoms with Crippen molar-refractivity contribution >= 4 is 39.1 Å². The van der Waals surface area contributed by atoms with Crippen molar-refractivity contribution in [1.82, 2.24) is 14.8 Å². The number of pyridine rings is 1. The molecule has 0 aliphatic carbocycles. The Bertz CT molecular complexity index is 1710. The molecule has 0 saturated carbocycles. The molecule has 9 nitrogen and oxygen atoms in total. The topological polar surface area (TPSA) is 125 Å². The lowest BCUT2D eigenvalue weighted by atomic mass is 10.1. The van der Waals surface area contributed by atoms with E-state index in [1.165, 1.54) is 35.3 Å². The number of furan rings is 1. The summed E-state index contributed by atoms with van der Waals surface area (Å²) in [6, 6.07) is 11.0. The van der Waals surface area contributed by atoms with Crippen molar-refractivity contribution < 1.29 is 31.9 Å². The van der Waals surface area contributed by atoms with Gasteiger partial charge in [-0.1, -0.05) is 12.1 Å². The molecule has 0 spiro atoms. The van der Waals surface area contributed by atoms with Gasteiger partial charge in [-0.05, 0) is 55.3 Å². The van der Waals surface area contributed by atoms with Crippen LogP contribution in [0, 0.1) is 13.8 Å². The molecule has 1 aromatic carbocycles. The standard InChI is InChI=1S/C26H20F3N5O4S/c1-13-5-6-14(2)18(10-13)38-12-34-8-7-16(33-34)24(36)32-21-20-15(17-4-3-9-37-17)11-19(26(27,28)29)31-25(20)39-22(21)23(30)35/h3-11H,12H2,1-2H3,(H2,30,35)(H,32,36). The van der Waals surface area contributed by atoms with Crippen molar-refractivity contribution in [1.29, 1.82) is 0 Å². The van der Waals surface area contributed by atoms with Gasteiger partial charge in [0.1, 0.15) is 26.9 Å². The van der Waals surface area contributed by atoms with Crippen LogP contribution in [-0.4, -0.2) is 26.6 Å². The quantitative estimate of drug-likeness (QED) is 0.262. The van der Waals surface area contributed by atoms with Gasteiger partial charge in [0.2, 0.25) is 0 Å². The van der Waals surface area contributed by atoms with Gasteiger partial charge in [0.05, 0.1) is 12.0 Å². The van der Waals surface area contributed by atoms with Gasteiger partial charge in [-0.15, -0.1) is 11.3 Å². The van der Waals surface area contributed by atoms with E-state index in [-0.39, 0.29) is 44.5 Å². The number of carbonyl (C=O) groups excluding carboxylic acids is 2. The van der Waals surface area contributed by atoms with Crippen LogP contribution >= 0.6 is 11.3 Å². The van der Waals surface area contributed by atoms with Crippen LogP contribution in [0.15, 0.2) is 59.3 Å². The minimum Gasteiger partial charge on any atom is -0.471 e. The second-order valence-electron chi connectivity index (χ2n) is 8.62. The van der Waals surface area contributed by atoms with Crippen LogP contribution in [0.2, 0.25) is 0 Å². The summed E-state index contributed by atoms with van der Waals surface area (Å²) < 4.78 is 53.3. The molecule has 4 heterocycles. The summed E-state index contributed by atoms with van der Waals surface area (Å²) in [6.07, 6.45) is -1.94. The molecule has 3 N–H and O–H groups in total. The first-order valence-corrected chi connectivity index (χ1v) is 12.3. The van der Waals surface area contributed by atoms with Gasteiger partial charge < -0.3 is 20.2 Å². The van der Waals surface area contributed by atoms with Crippen LogP contribution in [-0.2, 0) is 12.9 Å². The van der Waals surface area contributed by atoms with Crippen LogP contribution < -0.4 is 15.8 Å². The fourth-order valence-corrected chi connectivity index (χ4v) is 4.90. The number of nitrogens with zero attached hydrogens (tertiary/aromatic N) is 3. The Labute approximate surface area is 223 Å². The van der Waals surface area contributed by atoms with Gasteiger partial charge in [0.15, 0.2) is 12.4 Å². The number of halogens is 3. The molecule has 0 bridgehead atoms. The number of thiophene rings is 1. The fourth-order valence-electron chi connectivity index (χ4n) is 3.89. The van der Waals surface area contributed by atoms with E-state index in [1.807, 2.05) is 32.0 Å². The van der Waals surface area contributed by atoms with Gasteiger partial charge >= 0.3 is 6.18 Å². The number of aromatic nitrogens is 3. The summed E-state index contributed by atoms with van der Waals surface area (Å²) in [5.74, 6) is -0.902. The summed E-state index contributed by atoms with van der Waals surface area (Å²) in [5.41, 5.74) is 6.18. The van der Waals surface area contributed by atoms with Crippen molar-refractivity contribution in [2.75, 3.05) is 5.32 Å². The van der Waals surface area contributed by atoms with E-state index in [2.05, 4.69) is 15.4 Å². The number of primary amides is 1. The maximum Gasteiger partial charge on any atom is 0.433 e. The van der Waals surface area contributed by atoms with E-state index in [4.69, 9.17) is 14.9 Å². The first-order chi connectivity index (χ1) is 18.5. The molecule has 5 rings (SSSR count). The molecule has 13 heteroatoms. The summed E-state index contributed by atoms with van der Waals surface area (Å²) in [7, 11) is 0. The highest BCUT2D eigenvalue weighted by molar-refractivity contribution is 7.21. The number of carbonyl (C=O) groups is 2. The molecule has 0 fully saturated rings. The molecule has 39 heavy (non-hydrogen) atoms. The molecule has 2 amide bonds. The minimum atomic E-state index is -4.76. The number of nitrogens with one attached hydrogen (secondary N) is 1. The number of aryl methyl sites for hydroxylation is 2. The Morgan fingerprint density at radius 3 is 2.67 bits per heavy atom. The summed E-state index contributed by atoms with van der Waals surface area (Å²) in [6.45, 7) is 3.87. The molecule has 0 saturated heterocycles. The highest BCUT2D eigenvalue weighted by Crippen LogP contribution is 2.43. The first-order valence-electron chi connectivity index (χ1n) is 11.4. The number of alkyl halides is 3. The van der Waals surface area contributed by atoms with Crippen molar-refractivity contribution in [3.63, 3.8) is 0 Å². The molecular formula is C26H20F3N5O4S. The molecule has 0 unspecified atom stereocenters. The number of fused-ring (bicyclic) bond motifs is 1. The first kappa shape index (κ1) is 26.0. The average molecular weight is 556 g/mol. The third-order valence-corrected chi connectivity index (χ3v) is 6.87. The van der Waals surface area contributed by atoms with Gasteiger partial charge in [-0.2, -0.15) is 18.3 Å². The number of hydrogen-bond acceptors (Lipinski definition) is 7. The lowest BCUT2D eigenvalue weighted by Gasteiger charge is -2.11. The average Bonchev–Trinajstić information content (AvgIpc) is 3.64. The van der Waals surface area contributed by atoms with E-state index >= 15 is 0 Å². The minimum absolute atomic E-state index is 0.0103. The van der Waals surface area contributed by atoms with E-state index < -0.39 is 23.7 Å². The maximum atomic E-state index is 13.6. The molecule has 4 aromatic heterocycles. The van der Waals surface area contributed by atoms with Crippen LogP contribution in [0.4, 0.5) is 18.9 Å². The Hall–Kier alpha value is -4.65. The van der Waals surface area contributed by atoms with Crippen molar-refractivity contribution in [2.24, 2.45) is 5.73 Å². The molecule has 5 aromatic rings. The van der Waals surface area contributed by atoms with Crippen LogP contribution in [0.5, 0.6) is 5.75 Å². The summed E-state index contributed by atoms with van der Waals surface area (Å²) in [5, 5.41) is 6.89. The van der Waals surface area contributed by atoms with Gasteiger partial charge in [0.25, 0.3) is 11.8 Å². The SMILES string of the molecule is Cc1ccc(C)c(OCn2ccc(C(=O)Nc3c(C(N)=O)sc4nc(C(F)(F)F)cc(-c5ccco5)c34)n2)c1. The summed E-state index contributed by atoms with van der Waals surface area (Å²) >= 11 is 0.637. The Balaban J connectivity index is 1.49. The third-order valence-electron chi connectivity index (χ3n) is 5.77. The van der Waals surface area contributed by atoms with E-state index in [1.54, 1.807) is 0 Å². The highest BCUT2D eigenvalue weighted by Gasteiger charge is 2.35. The zero-order valence-electron chi connectivity index (χ0n) is 20.5. The Morgan fingerprint density at radius 2 is 1.97 bits per heavy atom. The number of ether oxygens (including phenoxy) is 1. The van der Waals surface area contributed by atoms with Crippen LogP contribution in [0.3, 0.4) is 0 Å². The van der Waals surface area contributed by atoms with Gasteiger partial charge in [-0.25, -0.2) is 9.67 Å². The zero-order chi connectivity index (χ0) is 27.9. The summed E-state index contributed by atoms with van der Waals surface area (Å²) in [4.78, 5) is 28.7. The van der Waals surface area contributed by atoms with Crippen molar-refractivity contribution in [3.05, 3.63) is 82.3 Å². The number of hydrogen-bond donors (Lipinski definition) is 2. The molecule has 0 aliphatic rings. The van der Waals surface area contributed by atoms with E-state index in [0.717, 1.165) is 17.2 Å². The fraction of sp³-hybridized carbons (Fsp3) is 0.154. The Morgan fingerprint density at radius 1 is 1.18 bits per heavy atom. The molecule has 0 atom stereocenters. The zero-order valence-corrected chi connectivity index (χ0v) is 21.3. The second-order valence-corrected chi connectivity index (χ2v) is 9.62. The maximum absolute atomic E-state index is 13.6. The number of nitrogens with two attached hydrogens (primary N) is 1. The van der Waals surface area contributed by atoms with Crippen LogP contribution in [0.1, 0.15) is 37.0 Å². The van der Waals surface area contributed by atoms with E-state index in [9.17, 15) is 22.8 Å². The predicted molar refractivity (Wildman–Crippen MR) is 138 cm³/mol. The highest BCUT2D eigenvalue weighted by atomic mass is 32.1. The van der Waals surface area contributed by atoms with E-state index in [0.29, 0.717) is 17.1 Å². The van der Waals surface area contributed by atoms with Crippen molar-refractivity contribution in [3.8, 4) is 17.1 Å². The number of anilines is 1. The molecule has 0 radical (unpaired) electrons. The monoisotopic (exact) mass is 555 g/mol. The largest absolute Gasteiger partial charge is 0.471 e. The molecule has 0 aliphatic heterocycles. The molecular weight excluding hydrogens is 535 g/mol. The normalized spacial score (nSPS) is 11.6. The predicted octanol–water partition coefficient (Wildman–Crippen LogP) is 5.78. The number of benzene rings is 1. The van der Waals surface area contributed by atoms with Gasteiger partial charge in [0, 0.05) is 17.1 Å².